The van der Waals surface area contributed by atoms with E-state index in [0.717, 1.165) is 47.4 Å². The highest BCUT2D eigenvalue weighted by atomic mass is 19.1. The third-order valence-electron chi connectivity index (χ3n) is 6.97. The Hall–Kier alpha value is -3.45. The predicted octanol–water partition coefficient (Wildman–Crippen LogP) is 4.23. The molecule has 2 aliphatic heterocycles. The van der Waals surface area contributed by atoms with Crippen LogP contribution in [0.2, 0.25) is 0 Å². The number of nitrogens with one attached hydrogen (secondary N) is 2. The highest BCUT2D eigenvalue weighted by Crippen LogP contribution is 2.31. The lowest BCUT2D eigenvalue weighted by Crippen LogP contribution is -2.35. The van der Waals surface area contributed by atoms with Crippen LogP contribution in [0.15, 0.2) is 60.2 Å². The first-order chi connectivity index (χ1) is 17.0. The Morgan fingerprint density at radius 2 is 1.94 bits per heavy atom. The van der Waals surface area contributed by atoms with E-state index in [-0.39, 0.29) is 30.1 Å². The van der Waals surface area contributed by atoms with E-state index < -0.39 is 0 Å². The van der Waals surface area contributed by atoms with Gasteiger partial charge in [-0.25, -0.2) is 4.39 Å². The topological polar surface area (TPSA) is 68.4 Å². The number of carbonyl (C=O) groups is 2. The first kappa shape index (κ1) is 23.3. The fourth-order valence-electron chi connectivity index (χ4n) is 5.16. The number of hydrogen-bond acceptors (Lipinski definition) is 3. The molecule has 0 saturated carbocycles. The summed E-state index contributed by atoms with van der Waals surface area (Å²) >= 11 is 0. The number of fused-ring (bicyclic) bond motifs is 1. The first-order valence-corrected chi connectivity index (χ1v) is 12.4. The zero-order chi connectivity index (χ0) is 24.4. The first-order valence-electron chi connectivity index (χ1n) is 12.4. The van der Waals surface area contributed by atoms with Crippen molar-refractivity contribution in [3.63, 3.8) is 0 Å². The lowest BCUT2D eigenvalue weighted by atomic mass is 10.0. The van der Waals surface area contributed by atoms with Gasteiger partial charge in [0.15, 0.2) is 0 Å². The van der Waals surface area contributed by atoms with Crippen LogP contribution in [0.4, 0.5) is 4.39 Å². The van der Waals surface area contributed by atoms with Gasteiger partial charge < -0.3 is 20.1 Å². The van der Waals surface area contributed by atoms with E-state index >= 15 is 0 Å². The second kappa shape index (κ2) is 10.0. The van der Waals surface area contributed by atoms with E-state index in [1.165, 1.54) is 25.0 Å². The summed E-state index contributed by atoms with van der Waals surface area (Å²) in [7, 11) is 0. The Labute approximate surface area is 204 Å². The smallest absolute Gasteiger partial charge is 0.250 e. The number of amides is 2. The summed E-state index contributed by atoms with van der Waals surface area (Å²) in [4.78, 5) is 33.1. The molecule has 1 unspecified atom stereocenters. The molecule has 2 N–H and O–H groups in total. The standard InChI is InChI=1S/C28H31FN4O2/c1-19-14-21(16-27(34)30-10-13-32-11-2-3-12-32)28(35)33(19)18-23-17-25-24(8-5-9-26(25)31-23)20-6-4-7-22(29)15-20/h4-9,14-15,17,19,31H,2-3,10-13,16,18H2,1H3,(H,30,34). The molecule has 2 amide bonds. The van der Waals surface area contributed by atoms with Gasteiger partial charge in [0, 0.05) is 41.3 Å². The Morgan fingerprint density at radius 3 is 2.74 bits per heavy atom. The Bertz CT molecular complexity index is 1270. The molecular formula is C28H31FN4O2. The molecule has 1 fully saturated rings. The molecule has 2 aliphatic rings. The molecule has 182 valence electrons. The van der Waals surface area contributed by atoms with Gasteiger partial charge in [0.1, 0.15) is 5.82 Å². The number of halogens is 1. The van der Waals surface area contributed by atoms with Gasteiger partial charge in [-0.15, -0.1) is 0 Å². The largest absolute Gasteiger partial charge is 0.357 e. The number of hydrogen-bond donors (Lipinski definition) is 2. The third-order valence-corrected chi connectivity index (χ3v) is 6.97. The van der Waals surface area contributed by atoms with Crippen molar-refractivity contribution in [2.45, 2.75) is 38.8 Å². The van der Waals surface area contributed by atoms with Crippen molar-refractivity contribution >= 4 is 22.7 Å². The number of nitrogens with zero attached hydrogens (tertiary/aromatic N) is 2. The van der Waals surface area contributed by atoms with Crippen molar-refractivity contribution in [2.75, 3.05) is 26.2 Å². The number of aromatic nitrogens is 1. The van der Waals surface area contributed by atoms with Crippen molar-refractivity contribution in [3.05, 3.63) is 71.7 Å². The Morgan fingerprint density at radius 1 is 1.14 bits per heavy atom. The number of H-pyrrole nitrogens is 1. The molecule has 3 heterocycles. The summed E-state index contributed by atoms with van der Waals surface area (Å²) in [6, 6.07) is 14.4. The fraction of sp³-hybridized carbons (Fsp3) is 0.357. The maximum absolute atomic E-state index is 13.8. The molecule has 6 nitrogen and oxygen atoms in total. The van der Waals surface area contributed by atoms with Crippen molar-refractivity contribution in [2.24, 2.45) is 0 Å². The number of benzene rings is 2. The molecule has 2 aromatic carbocycles. The fourth-order valence-corrected chi connectivity index (χ4v) is 5.16. The van der Waals surface area contributed by atoms with Gasteiger partial charge in [0.25, 0.3) is 5.91 Å². The zero-order valence-corrected chi connectivity index (χ0v) is 20.0. The van der Waals surface area contributed by atoms with Crippen molar-refractivity contribution in [1.82, 2.24) is 20.1 Å². The van der Waals surface area contributed by atoms with Crippen LogP contribution in [0.25, 0.3) is 22.0 Å². The van der Waals surface area contributed by atoms with E-state index in [9.17, 15) is 14.0 Å². The molecule has 1 saturated heterocycles. The summed E-state index contributed by atoms with van der Waals surface area (Å²) in [6.07, 6.45) is 4.45. The predicted molar refractivity (Wildman–Crippen MR) is 135 cm³/mol. The second-order valence-electron chi connectivity index (χ2n) is 9.51. The van der Waals surface area contributed by atoms with Crippen LogP contribution >= 0.6 is 0 Å². The minimum Gasteiger partial charge on any atom is -0.357 e. The van der Waals surface area contributed by atoms with Crippen LogP contribution in [0.1, 0.15) is 31.9 Å². The third kappa shape index (κ3) is 5.15. The summed E-state index contributed by atoms with van der Waals surface area (Å²) in [5.74, 6) is -0.482. The number of carbonyl (C=O) groups excluding carboxylic acids is 2. The van der Waals surface area contributed by atoms with E-state index in [1.54, 1.807) is 11.0 Å². The quantitative estimate of drug-likeness (QED) is 0.513. The van der Waals surface area contributed by atoms with Crippen LogP contribution in [0, 0.1) is 5.82 Å². The van der Waals surface area contributed by atoms with Crippen molar-refractivity contribution in [3.8, 4) is 11.1 Å². The maximum Gasteiger partial charge on any atom is 0.250 e. The average molecular weight is 475 g/mol. The van der Waals surface area contributed by atoms with Gasteiger partial charge in [-0.1, -0.05) is 30.3 Å². The van der Waals surface area contributed by atoms with E-state index in [2.05, 4.69) is 15.2 Å². The highest BCUT2D eigenvalue weighted by molar-refractivity contribution is 6.01. The van der Waals surface area contributed by atoms with Crippen molar-refractivity contribution < 1.29 is 14.0 Å². The summed E-state index contributed by atoms with van der Waals surface area (Å²) in [5, 5.41) is 3.94. The van der Waals surface area contributed by atoms with Crippen LogP contribution in [0.5, 0.6) is 0 Å². The monoisotopic (exact) mass is 474 g/mol. The lowest BCUT2D eigenvalue weighted by molar-refractivity contribution is -0.129. The molecule has 1 atom stereocenters. The molecule has 0 bridgehead atoms. The second-order valence-corrected chi connectivity index (χ2v) is 9.51. The van der Waals surface area contributed by atoms with Gasteiger partial charge in [0.05, 0.1) is 13.0 Å². The molecule has 7 heteroatoms. The molecule has 0 spiro atoms. The average Bonchev–Trinajstić information content (AvgIpc) is 3.56. The van der Waals surface area contributed by atoms with Gasteiger partial charge in [0.2, 0.25) is 5.91 Å². The summed E-state index contributed by atoms with van der Waals surface area (Å²) < 4.78 is 13.8. The van der Waals surface area contributed by atoms with E-state index in [1.807, 2.05) is 43.3 Å². The molecule has 3 aromatic rings. The number of aromatic amines is 1. The van der Waals surface area contributed by atoms with E-state index in [4.69, 9.17) is 0 Å². The summed E-state index contributed by atoms with van der Waals surface area (Å²) in [5.41, 5.74) is 4.13. The summed E-state index contributed by atoms with van der Waals surface area (Å²) in [6.45, 7) is 6.05. The molecule has 0 radical (unpaired) electrons. The highest BCUT2D eigenvalue weighted by Gasteiger charge is 2.31. The van der Waals surface area contributed by atoms with Crippen LogP contribution < -0.4 is 5.32 Å². The van der Waals surface area contributed by atoms with Crippen LogP contribution in [-0.2, 0) is 16.1 Å². The molecule has 35 heavy (non-hydrogen) atoms. The maximum atomic E-state index is 13.8. The van der Waals surface area contributed by atoms with Gasteiger partial charge in [-0.2, -0.15) is 0 Å². The van der Waals surface area contributed by atoms with Gasteiger partial charge in [-0.05, 0) is 68.2 Å². The van der Waals surface area contributed by atoms with Crippen LogP contribution in [-0.4, -0.2) is 58.8 Å². The SMILES string of the molecule is CC1C=C(CC(=O)NCCN2CCCC2)C(=O)N1Cc1cc2c(-c3cccc(F)c3)cccc2[nH]1. The van der Waals surface area contributed by atoms with E-state index in [0.29, 0.717) is 18.7 Å². The van der Waals surface area contributed by atoms with Crippen LogP contribution in [0.3, 0.4) is 0 Å². The van der Waals surface area contributed by atoms with Gasteiger partial charge >= 0.3 is 0 Å². The van der Waals surface area contributed by atoms with Crippen molar-refractivity contribution in [1.29, 1.82) is 0 Å². The molecular weight excluding hydrogens is 443 g/mol. The molecule has 0 aliphatic carbocycles. The number of rotatable bonds is 8. The lowest BCUT2D eigenvalue weighted by Gasteiger charge is -2.21. The minimum atomic E-state index is -0.273. The molecule has 5 rings (SSSR count). The number of likely N-dealkylation sites (tertiary alicyclic amines) is 1. The zero-order valence-electron chi connectivity index (χ0n) is 20.0. The molecule has 1 aromatic heterocycles. The normalized spacial score (nSPS) is 18.5. The Kier molecular flexibility index (Phi) is 6.68. The van der Waals surface area contributed by atoms with Gasteiger partial charge in [-0.3, -0.25) is 9.59 Å². The Balaban J connectivity index is 1.23. The minimum absolute atomic E-state index is 0.0935.